The Morgan fingerprint density at radius 1 is 1.05 bits per heavy atom. The molecule has 19 heavy (non-hydrogen) atoms. The van der Waals surface area contributed by atoms with E-state index in [2.05, 4.69) is 25.1 Å². The van der Waals surface area contributed by atoms with Crippen LogP contribution in [0.1, 0.15) is 46.5 Å². The van der Waals surface area contributed by atoms with Crippen LogP contribution >= 0.6 is 26.0 Å². The molecule has 0 bridgehead atoms. The highest BCUT2D eigenvalue weighted by Gasteiger charge is 2.31. The van der Waals surface area contributed by atoms with E-state index < -0.39 is 14.6 Å². The normalized spacial score (nSPS) is 17.4. The number of phosphoric acid groups is 1. The molecule has 0 aliphatic heterocycles. The number of hydrogen-bond donors (Lipinski definition) is 3. The zero-order valence-corrected chi connectivity index (χ0v) is 14.2. The van der Waals surface area contributed by atoms with Gasteiger partial charge in [-0.2, -0.15) is 4.31 Å². The lowest BCUT2D eigenvalue weighted by Gasteiger charge is -2.14. The molecule has 2 atom stereocenters. The summed E-state index contributed by atoms with van der Waals surface area (Å²) in [6.45, 7) is 2.14. The fourth-order valence-corrected chi connectivity index (χ4v) is 5.76. The molecule has 0 amide bonds. The van der Waals surface area contributed by atoms with Crippen molar-refractivity contribution in [1.29, 1.82) is 0 Å². The second-order valence-corrected chi connectivity index (χ2v) is 10.5. The second kappa shape index (κ2) is 8.83. The molecule has 6 nitrogen and oxygen atoms in total. The predicted octanol–water partition coefficient (Wildman–Crippen LogP) is 3.78. The molecule has 2 unspecified atom stereocenters. The van der Waals surface area contributed by atoms with Gasteiger partial charge in [-0.1, -0.05) is 40.0 Å². The van der Waals surface area contributed by atoms with Gasteiger partial charge in [-0.15, -0.1) is 0 Å². The van der Waals surface area contributed by atoms with Gasteiger partial charge in [0.15, 0.2) is 0 Å². The van der Waals surface area contributed by atoms with E-state index >= 15 is 0 Å². The first-order valence-corrected chi connectivity index (χ1v) is 11.0. The maximum absolute atomic E-state index is 11.3. The van der Waals surface area contributed by atoms with E-state index in [0.717, 1.165) is 25.7 Å². The lowest BCUT2D eigenvalue weighted by atomic mass is 9.98. The van der Waals surface area contributed by atoms with Crippen LogP contribution in [0.5, 0.6) is 0 Å². The quantitative estimate of drug-likeness (QED) is 0.522. The molecule has 116 valence electrons. The Morgan fingerprint density at radius 3 is 2.11 bits per heavy atom. The highest BCUT2D eigenvalue weighted by molar-refractivity contribution is 8.55. The van der Waals surface area contributed by atoms with Gasteiger partial charge in [0.1, 0.15) is 0 Å². The van der Waals surface area contributed by atoms with Crippen molar-refractivity contribution in [2.24, 2.45) is 11.8 Å². The Labute approximate surface area is 118 Å². The van der Waals surface area contributed by atoms with Gasteiger partial charge in [0.25, 0.3) is 0 Å². The summed E-state index contributed by atoms with van der Waals surface area (Å²) in [5.41, 5.74) is 0. The lowest BCUT2D eigenvalue weighted by molar-refractivity contribution is 0.270. The Bertz CT molecular complexity index is 343. The summed E-state index contributed by atoms with van der Waals surface area (Å²) in [4.78, 5) is 26.2. The van der Waals surface area contributed by atoms with Crippen molar-refractivity contribution in [2.75, 3.05) is 5.75 Å². The first-order valence-electron chi connectivity index (χ1n) is 6.26. The molecular formula is C10H24O6P2S. The number of rotatable bonds is 10. The van der Waals surface area contributed by atoms with E-state index in [0.29, 0.717) is 29.0 Å². The van der Waals surface area contributed by atoms with Crippen LogP contribution in [0.2, 0.25) is 0 Å². The third-order valence-corrected chi connectivity index (χ3v) is 7.10. The number of hydrogen-bond acceptors (Lipinski definition) is 4. The highest BCUT2D eigenvalue weighted by atomic mass is 32.7. The van der Waals surface area contributed by atoms with Gasteiger partial charge >= 0.3 is 14.6 Å². The minimum atomic E-state index is -4.91. The Balaban J connectivity index is 3.83. The van der Waals surface area contributed by atoms with Crippen molar-refractivity contribution in [2.45, 2.75) is 46.5 Å². The summed E-state index contributed by atoms with van der Waals surface area (Å²) in [6.07, 6.45) is 4.06. The summed E-state index contributed by atoms with van der Waals surface area (Å²) in [7, 11) is -4.91. The summed E-state index contributed by atoms with van der Waals surface area (Å²) in [5.74, 6) is 1.44. The predicted molar refractivity (Wildman–Crippen MR) is 77.9 cm³/mol. The van der Waals surface area contributed by atoms with E-state index in [1.807, 2.05) is 0 Å². The molecule has 0 spiro atoms. The van der Waals surface area contributed by atoms with Crippen molar-refractivity contribution in [3.8, 4) is 0 Å². The van der Waals surface area contributed by atoms with Crippen molar-refractivity contribution in [3.63, 3.8) is 0 Å². The van der Waals surface area contributed by atoms with Crippen LogP contribution in [0.4, 0.5) is 0 Å². The molecule has 0 rings (SSSR count). The fourth-order valence-electron chi connectivity index (χ4n) is 1.55. The molecule has 0 saturated carbocycles. The van der Waals surface area contributed by atoms with Gasteiger partial charge in [0.05, 0.1) is 0 Å². The maximum atomic E-state index is 11.3. The molecule has 3 N–H and O–H groups in total. The van der Waals surface area contributed by atoms with E-state index in [9.17, 15) is 14.0 Å². The van der Waals surface area contributed by atoms with Crippen LogP contribution in [-0.2, 0) is 13.4 Å². The lowest BCUT2D eigenvalue weighted by Crippen LogP contribution is -1.98. The van der Waals surface area contributed by atoms with Gasteiger partial charge < -0.3 is 14.7 Å². The van der Waals surface area contributed by atoms with Crippen LogP contribution in [-0.4, -0.2) is 20.4 Å². The standard InChI is InChI=1S/C10H24O6P2S/c1-9(2)5-4-6-10(3)7-8-19-18(14,15)16-17(11,12)13/h9-10H,4-8H2,1-3H3,(H,14,15)(H2,11,12,13). The van der Waals surface area contributed by atoms with Crippen molar-refractivity contribution in [3.05, 3.63) is 0 Å². The molecule has 0 aliphatic carbocycles. The van der Waals surface area contributed by atoms with Crippen LogP contribution in [0.3, 0.4) is 0 Å². The monoisotopic (exact) mass is 334 g/mol. The van der Waals surface area contributed by atoms with Crippen molar-refractivity contribution < 1.29 is 28.1 Å². The molecule has 0 fully saturated rings. The van der Waals surface area contributed by atoms with Gasteiger partial charge in [-0.3, -0.25) is 0 Å². The molecular weight excluding hydrogens is 310 g/mol. The van der Waals surface area contributed by atoms with Crippen molar-refractivity contribution >= 4 is 26.0 Å². The zero-order chi connectivity index (χ0) is 15.1. The second-order valence-electron chi connectivity index (χ2n) is 5.09. The topological polar surface area (TPSA) is 104 Å². The summed E-state index contributed by atoms with van der Waals surface area (Å²) < 4.78 is 25.7. The van der Waals surface area contributed by atoms with E-state index in [4.69, 9.17) is 9.79 Å². The van der Waals surface area contributed by atoms with Crippen LogP contribution in [0, 0.1) is 11.8 Å². The highest BCUT2D eigenvalue weighted by Crippen LogP contribution is 2.65. The van der Waals surface area contributed by atoms with Crippen LogP contribution in [0.25, 0.3) is 0 Å². The molecule has 0 aromatic heterocycles. The minimum absolute atomic E-state index is 0.344. The fraction of sp³-hybridized carbons (Fsp3) is 1.00. The summed E-state index contributed by atoms with van der Waals surface area (Å²) in [6, 6.07) is 0. The Kier molecular flexibility index (Phi) is 9.13. The van der Waals surface area contributed by atoms with Gasteiger partial charge in [0, 0.05) is 5.75 Å². The maximum Gasteiger partial charge on any atom is 0.477 e. The molecule has 9 heteroatoms. The van der Waals surface area contributed by atoms with Crippen LogP contribution in [0.15, 0.2) is 0 Å². The SMILES string of the molecule is CC(C)CCCC(C)CCSP(=O)(O)OP(=O)(O)O. The van der Waals surface area contributed by atoms with Gasteiger partial charge in [-0.25, -0.2) is 9.13 Å². The Morgan fingerprint density at radius 2 is 1.63 bits per heavy atom. The third kappa shape index (κ3) is 13.4. The summed E-state index contributed by atoms with van der Waals surface area (Å²) in [5, 5.41) is 0. The Hall–Kier alpha value is 0.650. The molecule has 0 radical (unpaired) electrons. The average Bonchev–Trinajstić information content (AvgIpc) is 2.12. The smallest absolute Gasteiger partial charge is 0.316 e. The minimum Gasteiger partial charge on any atom is -0.316 e. The molecule has 0 heterocycles. The zero-order valence-electron chi connectivity index (χ0n) is 11.6. The first-order chi connectivity index (χ1) is 8.52. The first kappa shape index (κ1) is 19.7. The van der Waals surface area contributed by atoms with E-state index in [-0.39, 0.29) is 0 Å². The van der Waals surface area contributed by atoms with E-state index in [1.54, 1.807) is 0 Å². The largest absolute Gasteiger partial charge is 0.477 e. The summed E-state index contributed by atoms with van der Waals surface area (Å²) >= 11 is 0.570. The average molecular weight is 334 g/mol. The third-order valence-electron chi connectivity index (χ3n) is 2.55. The van der Waals surface area contributed by atoms with E-state index in [1.165, 1.54) is 0 Å². The van der Waals surface area contributed by atoms with Gasteiger partial charge in [0.2, 0.25) is 0 Å². The van der Waals surface area contributed by atoms with Crippen molar-refractivity contribution in [1.82, 2.24) is 0 Å². The molecule has 0 aliphatic rings. The molecule has 0 saturated heterocycles. The van der Waals surface area contributed by atoms with Crippen LogP contribution < -0.4 is 0 Å². The molecule has 0 aromatic carbocycles. The van der Waals surface area contributed by atoms with Gasteiger partial charge in [-0.05, 0) is 29.6 Å². The molecule has 0 aromatic rings.